The molecule has 0 aliphatic rings. The van der Waals surface area contributed by atoms with E-state index in [1.807, 2.05) is 30.3 Å². The van der Waals surface area contributed by atoms with Crippen LogP contribution in [0.5, 0.6) is 5.75 Å². The minimum Gasteiger partial charge on any atom is -0.492 e. The molecule has 2 N–H and O–H groups in total. The molecule has 1 aromatic rings. The van der Waals surface area contributed by atoms with Crippen LogP contribution in [0.15, 0.2) is 35.3 Å². The number of para-hydroxylation sites is 1. The number of nitrogens with one attached hydrogen (secondary N) is 2. The molecule has 0 aliphatic heterocycles. The highest BCUT2D eigenvalue weighted by Crippen LogP contribution is 2.07. The Morgan fingerprint density at radius 3 is 2.63 bits per heavy atom. The third-order valence-corrected chi connectivity index (χ3v) is 2.71. The van der Waals surface area contributed by atoms with Crippen molar-refractivity contribution in [2.24, 2.45) is 4.99 Å². The Hall–Kier alpha value is -1.71. The lowest BCUT2D eigenvalue weighted by Crippen LogP contribution is -2.42. The summed E-state index contributed by atoms with van der Waals surface area (Å²) >= 11 is 0. The molecule has 1 atom stereocenters. The van der Waals surface area contributed by atoms with Crippen LogP contribution < -0.4 is 15.4 Å². The third-order valence-electron chi connectivity index (χ3n) is 2.71. The molecule has 1 aromatic carbocycles. The van der Waals surface area contributed by atoms with Crippen LogP contribution in [-0.2, 0) is 0 Å². The van der Waals surface area contributed by atoms with Crippen LogP contribution in [0.4, 0.5) is 0 Å². The van der Waals surface area contributed by atoms with Crippen molar-refractivity contribution < 1.29 is 4.74 Å². The molecule has 106 valence electrons. The van der Waals surface area contributed by atoms with Gasteiger partial charge in [0.05, 0.1) is 6.54 Å². The zero-order chi connectivity index (χ0) is 13.9. The molecule has 0 saturated heterocycles. The van der Waals surface area contributed by atoms with Gasteiger partial charge in [0.15, 0.2) is 5.96 Å². The first-order chi connectivity index (χ1) is 9.26. The first kappa shape index (κ1) is 15.3. The Morgan fingerprint density at radius 1 is 1.26 bits per heavy atom. The quantitative estimate of drug-likeness (QED) is 0.451. The zero-order valence-corrected chi connectivity index (χ0v) is 12.1. The van der Waals surface area contributed by atoms with Gasteiger partial charge >= 0.3 is 0 Å². The smallest absolute Gasteiger partial charge is 0.191 e. The molecule has 0 saturated carbocycles. The van der Waals surface area contributed by atoms with Gasteiger partial charge in [-0.3, -0.25) is 0 Å². The van der Waals surface area contributed by atoms with Gasteiger partial charge in [-0.15, -0.1) is 0 Å². The van der Waals surface area contributed by atoms with Crippen LogP contribution in [0.25, 0.3) is 0 Å². The van der Waals surface area contributed by atoms with Crippen molar-refractivity contribution in [1.29, 1.82) is 0 Å². The number of rotatable bonds is 7. The molecule has 0 heterocycles. The summed E-state index contributed by atoms with van der Waals surface area (Å²) in [7, 11) is 0. The SMILES string of the molecule is CCNC(=NCCOc1ccccc1)NC(C)CC. The fraction of sp³-hybridized carbons (Fsp3) is 0.533. The molecule has 0 bridgehead atoms. The van der Waals surface area contributed by atoms with Crippen LogP contribution in [0.2, 0.25) is 0 Å². The summed E-state index contributed by atoms with van der Waals surface area (Å²) in [6, 6.07) is 10.2. The van der Waals surface area contributed by atoms with E-state index < -0.39 is 0 Å². The molecule has 0 radical (unpaired) electrons. The summed E-state index contributed by atoms with van der Waals surface area (Å²) in [5.74, 6) is 1.74. The van der Waals surface area contributed by atoms with Gasteiger partial charge in [0.1, 0.15) is 12.4 Å². The molecule has 1 rings (SSSR count). The van der Waals surface area contributed by atoms with Gasteiger partial charge in [-0.1, -0.05) is 25.1 Å². The van der Waals surface area contributed by atoms with Crippen molar-refractivity contribution in [3.63, 3.8) is 0 Å². The molecule has 0 amide bonds. The second-order valence-electron chi connectivity index (χ2n) is 4.38. The number of hydrogen-bond donors (Lipinski definition) is 2. The molecule has 0 aliphatic carbocycles. The maximum atomic E-state index is 5.60. The molecule has 1 unspecified atom stereocenters. The van der Waals surface area contributed by atoms with E-state index in [-0.39, 0.29) is 0 Å². The Labute approximate surface area is 116 Å². The predicted octanol–water partition coefficient (Wildman–Crippen LogP) is 2.42. The molecule has 0 fully saturated rings. The van der Waals surface area contributed by atoms with Gasteiger partial charge < -0.3 is 15.4 Å². The summed E-state index contributed by atoms with van der Waals surface area (Å²) in [6.45, 7) is 8.45. The van der Waals surface area contributed by atoms with Gasteiger partial charge in [-0.05, 0) is 32.4 Å². The number of hydrogen-bond acceptors (Lipinski definition) is 2. The van der Waals surface area contributed by atoms with Crippen molar-refractivity contribution in [2.45, 2.75) is 33.2 Å². The molecule has 0 aromatic heterocycles. The number of benzene rings is 1. The second-order valence-corrected chi connectivity index (χ2v) is 4.38. The van der Waals surface area contributed by atoms with E-state index in [4.69, 9.17) is 4.74 Å². The summed E-state index contributed by atoms with van der Waals surface area (Å²) < 4.78 is 5.60. The number of nitrogens with zero attached hydrogens (tertiary/aromatic N) is 1. The lowest BCUT2D eigenvalue weighted by molar-refractivity contribution is 0.328. The van der Waals surface area contributed by atoms with Crippen molar-refractivity contribution in [2.75, 3.05) is 19.7 Å². The van der Waals surface area contributed by atoms with Crippen LogP contribution in [0.1, 0.15) is 27.2 Å². The van der Waals surface area contributed by atoms with Gasteiger partial charge in [0.2, 0.25) is 0 Å². The lowest BCUT2D eigenvalue weighted by Gasteiger charge is -2.16. The maximum absolute atomic E-state index is 5.60. The minimum atomic E-state index is 0.424. The summed E-state index contributed by atoms with van der Waals surface area (Å²) in [5.41, 5.74) is 0. The number of ether oxygens (including phenoxy) is 1. The Morgan fingerprint density at radius 2 is 2.00 bits per heavy atom. The number of aliphatic imine (C=N–C) groups is 1. The highest BCUT2D eigenvalue weighted by atomic mass is 16.5. The van der Waals surface area contributed by atoms with Crippen LogP contribution in [0, 0.1) is 0 Å². The van der Waals surface area contributed by atoms with Gasteiger partial charge in [-0.2, -0.15) is 0 Å². The highest BCUT2D eigenvalue weighted by Gasteiger charge is 2.01. The molecule has 19 heavy (non-hydrogen) atoms. The van der Waals surface area contributed by atoms with E-state index in [2.05, 4.69) is 36.4 Å². The van der Waals surface area contributed by atoms with E-state index in [1.165, 1.54) is 0 Å². The molecular weight excluding hydrogens is 238 g/mol. The minimum absolute atomic E-state index is 0.424. The Kier molecular flexibility index (Phi) is 7.47. The monoisotopic (exact) mass is 263 g/mol. The normalized spacial score (nSPS) is 12.9. The molecule has 0 spiro atoms. The highest BCUT2D eigenvalue weighted by molar-refractivity contribution is 5.80. The summed E-state index contributed by atoms with van der Waals surface area (Å²) in [6.07, 6.45) is 1.07. The molecular formula is C15H25N3O. The van der Waals surface area contributed by atoms with E-state index >= 15 is 0 Å². The van der Waals surface area contributed by atoms with E-state index in [0.717, 1.165) is 24.7 Å². The summed E-state index contributed by atoms with van der Waals surface area (Å²) in [5, 5.41) is 6.58. The van der Waals surface area contributed by atoms with Gasteiger partial charge in [-0.25, -0.2) is 4.99 Å². The fourth-order valence-corrected chi connectivity index (χ4v) is 1.49. The standard InChI is InChI=1S/C15H25N3O/c1-4-13(3)18-15(16-5-2)17-11-12-19-14-9-7-6-8-10-14/h6-10,13H,4-5,11-12H2,1-3H3,(H2,16,17,18). The van der Waals surface area contributed by atoms with Crippen molar-refractivity contribution in [3.8, 4) is 5.75 Å². The van der Waals surface area contributed by atoms with Crippen LogP contribution in [0.3, 0.4) is 0 Å². The van der Waals surface area contributed by atoms with E-state index in [1.54, 1.807) is 0 Å². The summed E-state index contributed by atoms with van der Waals surface area (Å²) in [4.78, 5) is 4.49. The lowest BCUT2D eigenvalue weighted by atomic mass is 10.3. The maximum Gasteiger partial charge on any atom is 0.191 e. The molecule has 4 heteroatoms. The van der Waals surface area contributed by atoms with Crippen LogP contribution >= 0.6 is 0 Å². The van der Waals surface area contributed by atoms with Crippen molar-refractivity contribution >= 4 is 5.96 Å². The van der Waals surface area contributed by atoms with Gasteiger partial charge in [0.25, 0.3) is 0 Å². The average molecular weight is 263 g/mol. The Bertz CT molecular complexity index is 365. The molecule has 4 nitrogen and oxygen atoms in total. The largest absolute Gasteiger partial charge is 0.492 e. The van der Waals surface area contributed by atoms with Crippen molar-refractivity contribution in [3.05, 3.63) is 30.3 Å². The van der Waals surface area contributed by atoms with Crippen molar-refractivity contribution in [1.82, 2.24) is 10.6 Å². The van der Waals surface area contributed by atoms with E-state index in [0.29, 0.717) is 19.2 Å². The fourth-order valence-electron chi connectivity index (χ4n) is 1.49. The second kappa shape index (κ2) is 9.25. The third kappa shape index (κ3) is 6.70. The van der Waals surface area contributed by atoms with E-state index in [9.17, 15) is 0 Å². The Balaban J connectivity index is 2.34. The topological polar surface area (TPSA) is 45.7 Å². The average Bonchev–Trinajstić information content (AvgIpc) is 2.44. The zero-order valence-electron chi connectivity index (χ0n) is 12.1. The predicted molar refractivity (Wildman–Crippen MR) is 80.8 cm³/mol. The first-order valence-electron chi connectivity index (χ1n) is 6.99. The number of guanidine groups is 1. The van der Waals surface area contributed by atoms with Crippen LogP contribution in [-0.4, -0.2) is 31.7 Å². The first-order valence-corrected chi connectivity index (χ1v) is 6.99. The van der Waals surface area contributed by atoms with Gasteiger partial charge in [0, 0.05) is 12.6 Å².